The van der Waals surface area contributed by atoms with Crippen LogP contribution in [0.5, 0.6) is 0 Å². The first kappa shape index (κ1) is 20.9. The van der Waals surface area contributed by atoms with Crippen LogP contribution in [-0.2, 0) is 4.79 Å². The Morgan fingerprint density at radius 2 is 1.90 bits per heavy atom. The van der Waals surface area contributed by atoms with Gasteiger partial charge in [-0.2, -0.15) is 0 Å². The van der Waals surface area contributed by atoms with Gasteiger partial charge >= 0.3 is 0 Å². The fraction of sp³-hybridized carbons (Fsp3) is 0.652. The van der Waals surface area contributed by atoms with Crippen molar-refractivity contribution in [3.63, 3.8) is 0 Å². The number of halogens is 1. The number of rotatable bonds is 5. The smallest absolute Gasteiger partial charge is 0.225 e. The van der Waals surface area contributed by atoms with E-state index in [1.54, 1.807) is 11.3 Å². The van der Waals surface area contributed by atoms with Crippen molar-refractivity contribution in [3.05, 3.63) is 22.7 Å². The monoisotopic (exact) mass is 433 g/mol. The highest BCUT2D eigenvalue weighted by atomic mass is 35.5. The summed E-state index contributed by atoms with van der Waals surface area (Å²) in [4.78, 5) is 22.3. The third kappa shape index (κ3) is 4.56. The highest BCUT2D eigenvalue weighted by molar-refractivity contribution is 7.22. The first-order chi connectivity index (χ1) is 14.1. The molecular weight excluding hydrogens is 402 g/mol. The average Bonchev–Trinajstić information content (AvgIpc) is 3.20. The van der Waals surface area contributed by atoms with Gasteiger partial charge in [0.25, 0.3) is 0 Å². The van der Waals surface area contributed by atoms with Crippen LogP contribution >= 0.6 is 22.9 Å². The maximum absolute atomic E-state index is 13.0. The Morgan fingerprint density at radius 3 is 2.59 bits per heavy atom. The van der Waals surface area contributed by atoms with Crippen molar-refractivity contribution < 1.29 is 4.79 Å². The molecule has 0 atom stereocenters. The molecule has 1 amide bonds. The second-order valence-corrected chi connectivity index (χ2v) is 10.1. The molecular formula is C23H32ClN3OS. The van der Waals surface area contributed by atoms with Gasteiger partial charge < -0.3 is 9.80 Å². The number of hydrogen-bond donors (Lipinski definition) is 0. The number of piperazine rings is 1. The van der Waals surface area contributed by atoms with Gasteiger partial charge in [-0.25, -0.2) is 4.98 Å². The van der Waals surface area contributed by atoms with E-state index < -0.39 is 0 Å². The zero-order valence-corrected chi connectivity index (χ0v) is 19.2. The van der Waals surface area contributed by atoms with Crippen molar-refractivity contribution in [2.24, 2.45) is 11.8 Å². The van der Waals surface area contributed by atoms with Crippen LogP contribution in [0.3, 0.4) is 0 Å². The Morgan fingerprint density at radius 1 is 1.17 bits per heavy atom. The average molecular weight is 434 g/mol. The van der Waals surface area contributed by atoms with Gasteiger partial charge in [-0.05, 0) is 56.2 Å². The molecule has 158 valence electrons. The number of benzene rings is 1. The van der Waals surface area contributed by atoms with Crippen LogP contribution in [0.15, 0.2) is 12.1 Å². The van der Waals surface area contributed by atoms with Crippen molar-refractivity contribution in [3.8, 4) is 0 Å². The van der Waals surface area contributed by atoms with Crippen molar-refractivity contribution in [2.75, 3.05) is 31.1 Å². The summed E-state index contributed by atoms with van der Waals surface area (Å²) in [5.41, 5.74) is 2.06. The molecule has 0 N–H and O–H groups in total. The second-order valence-electron chi connectivity index (χ2n) is 8.69. The number of fused-ring (bicyclic) bond motifs is 1. The number of aromatic nitrogens is 1. The zero-order valence-electron chi connectivity index (χ0n) is 17.6. The van der Waals surface area contributed by atoms with E-state index in [4.69, 9.17) is 16.6 Å². The number of aryl methyl sites for hydroxylation is 1. The summed E-state index contributed by atoms with van der Waals surface area (Å²) >= 11 is 7.97. The van der Waals surface area contributed by atoms with Crippen LogP contribution in [0.2, 0.25) is 5.02 Å². The molecule has 1 aliphatic heterocycles. The standard InChI is InChI=1S/C23H32ClN3OS/c1-3-4-5-17-6-8-18(9-7-17)22(28)26-12-14-27(15-13-26)23-25-21-16(2)19(24)10-11-20(21)29-23/h10-11,17-18H,3-9,12-15H2,1-2H3. The van der Waals surface area contributed by atoms with Gasteiger partial charge in [0.15, 0.2) is 5.13 Å². The molecule has 2 aromatic rings. The van der Waals surface area contributed by atoms with Crippen LogP contribution in [0, 0.1) is 18.8 Å². The summed E-state index contributed by atoms with van der Waals surface area (Å²) in [5.74, 6) is 1.50. The first-order valence-corrected chi connectivity index (χ1v) is 12.4. The van der Waals surface area contributed by atoms with E-state index in [0.29, 0.717) is 5.91 Å². The van der Waals surface area contributed by atoms with Crippen LogP contribution < -0.4 is 4.90 Å². The molecule has 2 heterocycles. The molecule has 1 saturated carbocycles. The Hall–Kier alpha value is -1.33. The first-order valence-electron chi connectivity index (χ1n) is 11.2. The predicted molar refractivity (Wildman–Crippen MR) is 123 cm³/mol. The van der Waals surface area contributed by atoms with Crippen molar-refractivity contribution in [1.29, 1.82) is 0 Å². The lowest BCUT2D eigenvalue weighted by Crippen LogP contribution is -2.50. The molecule has 0 unspecified atom stereocenters. The van der Waals surface area contributed by atoms with E-state index >= 15 is 0 Å². The molecule has 2 aliphatic rings. The van der Waals surface area contributed by atoms with Gasteiger partial charge in [0.1, 0.15) is 0 Å². The third-order valence-corrected chi connectivity index (χ3v) is 8.25. The Balaban J connectivity index is 1.31. The molecule has 6 heteroatoms. The summed E-state index contributed by atoms with van der Waals surface area (Å²) in [6.07, 6.45) is 8.63. The van der Waals surface area contributed by atoms with Crippen molar-refractivity contribution in [1.82, 2.24) is 9.88 Å². The number of nitrogens with zero attached hydrogens (tertiary/aromatic N) is 3. The van der Waals surface area contributed by atoms with E-state index in [1.165, 1.54) is 36.8 Å². The van der Waals surface area contributed by atoms with Gasteiger partial charge in [0, 0.05) is 37.1 Å². The predicted octanol–water partition coefficient (Wildman–Crippen LogP) is 5.90. The summed E-state index contributed by atoms with van der Waals surface area (Å²) in [6, 6.07) is 4.01. The van der Waals surface area contributed by atoms with Crippen molar-refractivity contribution >= 4 is 44.2 Å². The highest BCUT2D eigenvalue weighted by Crippen LogP contribution is 2.35. The van der Waals surface area contributed by atoms with Gasteiger partial charge in [-0.3, -0.25) is 4.79 Å². The van der Waals surface area contributed by atoms with Crippen molar-refractivity contribution in [2.45, 2.75) is 58.8 Å². The SMILES string of the molecule is CCCCC1CCC(C(=O)N2CCN(c3nc4c(C)c(Cl)ccc4s3)CC2)CC1. The van der Waals surface area contributed by atoms with E-state index in [0.717, 1.165) is 66.2 Å². The molecule has 4 nitrogen and oxygen atoms in total. The number of unbranched alkanes of at least 4 members (excludes halogenated alkanes) is 1. The third-order valence-electron chi connectivity index (χ3n) is 6.76. The summed E-state index contributed by atoms with van der Waals surface area (Å²) in [5, 5.41) is 1.82. The molecule has 0 radical (unpaired) electrons. The molecule has 29 heavy (non-hydrogen) atoms. The van der Waals surface area contributed by atoms with Gasteiger partial charge in [0.05, 0.1) is 10.2 Å². The molecule has 1 saturated heterocycles. The van der Waals surface area contributed by atoms with E-state index in [-0.39, 0.29) is 5.92 Å². The number of hydrogen-bond acceptors (Lipinski definition) is 4. The van der Waals surface area contributed by atoms with E-state index in [2.05, 4.69) is 22.8 Å². The topological polar surface area (TPSA) is 36.4 Å². The quantitative estimate of drug-likeness (QED) is 0.588. The normalized spacial score (nSPS) is 23.0. The number of anilines is 1. The lowest BCUT2D eigenvalue weighted by Gasteiger charge is -2.37. The summed E-state index contributed by atoms with van der Waals surface area (Å²) < 4.78 is 1.18. The molecule has 1 aliphatic carbocycles. The molecule has 1 aromatic carbocycles. The Kier molecular flexibility index (Phi) is 6.65. The number of carbonyl (C=O) groups excluding carboxylic acids is 1. The second kappa shape index (κ2) is 9.22. The molecule has 2 fully saturated rings. The number of carbonyl (C=O) groups is 1. The number of thiazole rings is 1. The Bertz CT molecular complexity index is 851. The van der Waals surface area contributed by atoms with Gasteiger partial charge in [-0.15, -0.1) is 0 Å². The van der Waals surface area contributed by atoms with Crippen LogP contribution in [0.4, 0.5) is 5.13 Å². The minimum Gasteiger partial charge on any atom is -0.345 e. The Labute approximate surface area is 183 Å². The fourth-order valence-corrected chi connectivity index (χ4v) is 6.02. The lowest BCUT2D eigenvalue weighted by molar-refractivity contribution is -0.137. The molecule has 0 spiro atoms. The fourth-order valence-electron chi connectivity index (χ4n) is 4.79. The lowest BCUT2D eigenvalue weighted by atomic mass is 9.79. The summed E-state index contributed by atoms with van der Waals surface area (Å²) in [6.45, 7) is 7.64. The highest BCUT2D eigenvalue weighted by Gasteiger charge is 2.31. The van der Waals surface area contributed by atoms with Gasteiger partial charge in [0.2, 0.25) is 5.91 Å². The van der Waals surface area contributed by atoms with E-state index in [1.807, 2.05) is 13.0 Å². The molecule has 4 rings (SSSR count). The van der Waals surface area contributed by atoms with E-state index in [9.17, 15) is 4.79 Å². The minimum atomic E-state index is 0.256. The summed E-state index contributed by atoms with van der Waals surface area (Å²) in [7, 11) is 0. The van der Waals surface area contributed by atoms with Gasteiger partial charge in [-0.1, -0.05) is 49.1 Å². The van der Waals surface area contributed by atoms with Crippen LogP contribution in [-0.4, -0.2) is 42.0 Å². The van der Waals surface area contributed by atoms with Crippen LogP contribution in [0.1, 0.15) is 57.4 Å². The molecule has 0 bridgehead atoms. The minimum absolute atomic E-state index is 0.256. The number of amides is 1. The maximum Gasteiger partial charge on any atom is 0.225 e. The largest absolute Gasteiger partial charge is 0.345 e. The van der Waals surface area contributed by atoms with Crippen LogP contribution in [0.25, 0.3) is 10.2 Å². The molecule has 1 aromatic heterocycles. The zero-order chi connectivity index (χ0) is 20.4. The maximum atomic E-state index is 13.0.